The number of carbonyl (C=O) groups excluding carboxylic acids is 1. The van der Waals surface area contributed by atoms with Gasteiger partial charge in [-0.1, -0.05) is 6.42 Å². The van der Waals surface area contributed by atoms with Crippen LogP contribution >= 0.6 is 11.3 Å². The molecule has 0 bridgehead atoms. The number of rotatable bonds is 4. The zero-order valence-corrected chi connectivity index (χ0v) is 13.8. The first kappa shape index (κ1) is 15.1. The van der Waals surface area contributed by atoms with E-state index in [1.54, 1.807) is 16.8 Å². The number of fused-ring (bicyclic) bond motifs is 1. The largest absolute Gasteiger partial charge is 0.481 e. The first-order valence-corrected chi connectivity index (χ1v) is 9.08. The number of aromatic nitrogens is 1. The maximum absolute atomic E-state index is 12.5. The molecule has 1 N–H and O–H groups in total. The Morgan fingerprint density at radius 3 is 2.74 bits per heavy atom. The Morgan fingerprint density at radius 2 is 2.17 bits per heavy atom. The summed E-state index contributed by atoms with van der Waals surface area (Å²) in [5.74, 6) is -0.386. The quantitative estimate of drug-likeness (QED) is 0.897. The molecule has 124 valence electrons. The average Bonchev–Trinajstić information content (AvgIpc) is 3.10. The highest BCUT2D eigenvalue weighted by atomic mass is 32.1. The van der Waals surface area contributed by atoms with E-state index in [9.17, 15) is 14.7 Å². The van der Waals surface area contributed by atoms with E-state index in [4.69, 9.17) is 0 Å². The van der Waals surface area contributed by atoms with Crippen molar-refractivity contribution in [2.45, 2.75) is 25.8 Å². The van der Waals surface area contributed by atoms with Crippen LogP contribution in [0.5, 0.6) is 0 Å². The number of aliphatic carboxylic acids is 1. The van der Waals surface area contributed by atoms with E-state index in [1.807, 2.05) is 11.1 Å². The number of hydrogen-bond acceptors (Lipinski definition) is 5. The van der Waals surface area contributed by atoms with Gasteiger partial charge in [-0.15, -0.1) is 11.3 Å². The van der Waals surface area contributed by atoms with Crippen LogP contribution in [0.25, 0.3) is 0 Å². The second-order valence-electron chi connectivity index (χ2n) is 7.14. The SMILES string of the molecule is O=C(C1CCC1)N1C[C@@H]2CN(Cc3cncs3)C[C@]2(C(=O)O)C1. The molecule has 1 aromatic rings. The molecule has 0 unspecified atom stereocenters. The number of carbonyl (C=O) groups is 2. The van der Waals surface area contributed by atoms with Crippen molar-refractivity contribution in [1.29, 1.82) is 0 Å². The van der Waals surface area contributed by atoms with E-state index >= 15 is 0 Å². The van der Waals surface area contributed by atoms with Crippen molar-refractivity contribution in [1.82, 2.24) is 14.8 Å². The first-order valence-electron chi connectivity index (χ1n) is 8.20. The fourth-order valence-electron chi connectivity index (χ4n) is 4.21. The molecule has 2 saturated heterocycles. The summed E-state index contributed by atoms with van der Waals surface area (Å²) in [6, 6.07) is 0. The van der Waals surface area contributed by atoms with Gasteiger partial charge in [-0.25, -0.2) is 0 Å². The van der Waals surface area contributed by atoms with E-state index in [1.165, 1.54) is 0 Å². The minimum atomic E-state index is -0.788. The standard InChI is InChI=1S/C16H21N3O3S/c20-14(11-2-1-3-11)19-6-12-5-18(7-13-4-17-10-23-13)8-16(12,9-19)15(21)22/h4,10-12H,1-3,5-9H2,(H,21,22)/t12-,16-/m0/s1. The fourth-order valence-corrected chi connectivity index (χ4v) is 4.85. The number of likely N-dealkylation sites (tertiary alicyclic amines) is 2. The maximum Gasteiger partial charge on any atom is 0.313 e. The minimum Gasteiger partial charge on any atom is -0.481 e. The second-order valence-corrected chi connectivity index (χ2v) is 8.11. The first-order chi connectivity index (χ1) is 11.1. The third-order valence-electron chi connectivity index (χ3n) is 5.73. The lowest BCUT2D eigenvalue weighted by Gasteiger charge is -2.31. The molecule has 0 aromatic carbocycles. The zero-order chi connectivity index (χ0) is 16.0. The van der Waals surface area contributed by atoms with Gasteiger partial charge in [-0.05, 0) is 12.8 Å². The van der Waals surface area contributed by atoms with Gasteiger partial charge in [0.1, 0.15) is 5.41 Å². The Kier molecular flexibility index (Phi) is 3.65. The Bertz CT molecular complexity index is 616. The molecule has 6 nitrogen and oxygen atoms in total. The molecule has 0 radical (unpaired) electrons. The Morgan fingerprint density at radius 1 is 1.35 bits per heavy atom. The van der Waals surface area contributed by atoms with Gasteiger partial charge in [0.2, 0.25) is 5.91 Å². The van der Waals surface area contributed by atoms with Crippen molar-refractivity contribution >= 4 is 23.2 Å². The lowest BCUT2D eigenvalue weighted by atomic mass is 9.81. The van der Waals surface area contributed by atoms with Crippen molar-refractivity contribution in [3.8, 4) is 0 Å². The van der Waals surface area contributed by atoms with Gasteiger partial charge < -0.3 is 10.0 Å². The van der Waals surface area contributed by atoms with E-state index in [0.717, 1.165) is 37.2 Å². The molecular formula is C16H21N3O3S. The maximum atomic E-state index is 12.5. The molecule has 1 aromatic heterocycles. The highest BCUT2D eigenvalue weighted by molar-refractivity contribution is 7.09. The van der Waals surface area contributed by atoms with Crippen LogP contribution in [-0.2, 0) is 16.1 Å². The predicted molar refractivity (Wildman–Crippen MR) is 84.9 cm³/mol. The molecule has 3 aliphatic rings. The Labute approximate surface area is 139 Å². The monoisotopic (exact) mass is 335 g/mol. The molecule has 1 aliphatic carbocycles. The summed E-state index contributed by atoms with van der Waals surface area (Å²) in [6.07, 6.45) is 4.91. The van der Waals surface area contributed by atoms with Crippen molar-refractivity contribution in [2.75, 3.05) is 26.2 Å². The molecule has 1 amide bonds. The van der Waals surface area contributed by atoms with Crippen LogP contribution in [0.1, 0.15) is 24.1 Å². The molecule has 4 rings (SSSR count). The van der Waals surface area contributed by atoms with Gasteiger partial charge in [0.05, 0.1) is 5.51 Å². The van der Waals surface area contributed by atoms with Gasteiger partial charge >= 0.3 is 5.97 Å². The highest BCUT2D eigenvalue weighted by Gasteiger charge is 2.58. The number of nitrogens with zero attached hydrogens (tertiary/aromatic N) is 3. The molecular weight excluding hydrogens is 314 g/mol. The molecule has 0 spiro atoms. The minimum absolute atomic E-state index is 0.0388. The van der Waals surface area contributed by atoms with Crippen molar-refractivity contribution in [3.63, 3.8) is 0 Å². The van der Waals surface area contributed by atoms with Crippen LogP contribution in [0.3, 0.4) is 0 Å². The van der Waals surface area contributed by atoms with Crippen molar-refractivity contribution in [2.24, 2.45) is 17.3 Å². The van der Waals surface area contributed by atoms with E-state index in [-0.39, 0.29) is 17.7 Å². The topological polar surface area (TPSA) is 73.7 Å². The Balaban J connectivity index is 1.47. The van der Waals surface area contributed by atoms with Crippen LogP contribution in [0.2, 0.25) is 0 Å². The van der Waals surface area contributed by atoms with Gasteiger partial charge in [-0.3, -0.25) is 19.5 Å². The molecule has 3 heterocycles. The number of amides is 1. The van der Waals surface area contributed by atoms with Crippen molar-refractivity contribution in [3.05, 3.63) is 16.6 Å². The summed E-state index contributed by atoms with van der Waals surface area (Å²) in [5.41, 5.74) is 1.02. The lowest BCUT2D eigenvalue weighted by molar-refractivity contribution is -0.149. The summed E-state index contributed by atoms with van der Waals surface area (Å²) >= 11 is 1.60. The summed E-state index contributed by atoms with van der Waals surface area (Å²) in [4.78, 5) is 33.7. The van der Waals surface area contributed by atoms with E-state index in [0.29, 0.717) is 19.6 Å². The summed E-state index contributed by atoms with van der Waals surface area (Å²) in [5, 5.41) is 9.85. The fraction of sp³-hybridized carbons (Fsp3) is 0.688. The molecule has 7 heteroatoms. The number of thiazole rings is 1. The third kappa shape index (κ3) is 2.46. The smallest absolute Gasteiger partial charge is 0.313 e. The number of hydrogen-bond donors (Lipinski definition) is 1. The van der Waals surface area contributed by atoms with Crippen LogP contribution in [0.4, 0.5) is 0 Å². The van der Waals surface area contributed by atoms with E-state index < -0.39 is 11.4 Å². The van der Waals surface area contributed by atoms with Gasteiger partial charge in [0.15, 0.2) is 0 Å². The van der Waals surface area contributed by atoms with Crippen LogP contribution in [0, 0.1) is 17.3 Å². The summed E-state index contributed by atoms with van der Waals surface area (Å²) in [6.45, 7) is 3.01. The molecule has 2 atom stereocenters. The van der Waals surface area contributed by atoms with Gasteiger partial charge in [-0.2, -0.15) is 0 Å². The van der Waals surface area contributed by atoms with Gasteiger partial charge in [0, 0.05) is 55.6 Å². The van der Waals surface area contributed by atoms with Crippen LogP contribution < -0.4 is 0 Å². The van der Waals surface area contributed by atoms with Gasteiger partial charge in [0.25, 0.3) is 0 Å². The normalized spacial score (nSPS) is 31.1. The number of carboxylic acids is 1. The lowest BCUT2D eigenvalue weighted by Crippen LogP contribution is -2.44. The highest BCUT2D eigenvalue weighted by Crippen LogP contribution is 2.44. The summed E-state index contributed by atoms with van der Waals surface area (Å²) < 4.78 is 0. The van der Waals surface area contributed by atoms with Crippen LogP contribution in [0.15, 0.2) is 11.7 Å². The second kappa shape index (κ2) is 5.56. The molecule has 3 fully saturated rings. The number of carboxylic acid groups (broad SMARTS) is 1. The van der Waals surface area contributed by atoms with Crippen LogP contribution in [-0.4, -0.2) is 57.9 Å². The average molecular weight is 335 g/mol. The zero-order valence-electron chi connectivity index (χ0n) is 13.0. The van der Waals surface area contributed by atoms with E-state index in [2.05, 4.69) is 9.88 Å². The third-order valence-corrected chi connectivity index (χ3v) is 6.50. The van der Waals surface area contributed by atoms with Crippen molar-refractivity contribution < 1.29 is 14.7 Å². The summed E-state index contributed by atoms with van der Waals surface area (Å²) in [7, 11) is 0. The Hall–Kier alpha value is -1.47. The molecule has 23 heavy (non-hydrogen) atoms. The predicted octanol–water partition coefficient (Wildman–Crippen LogP) is 1.29. The molecule has 1 saturated carbocycles. The molecule has 2 aliphatic heterocycles.